The number of para-hydroxylation sites is 2. The maximum Gasteiger partial charge on any atom is 0.387 e. The van der Waals surface area contributed by atoms with E-state index in [1.54, 1.807) is 37.3 Å². The Kier molecular flexibility index (Phi) is 5.76. The van der Waals surface area contributed by atoms with Crippen LogP contribution in [0.1, 0.15) is 18.9 Å². The van der Waals surface area contributed by atoms with Crippen LogP contribution in [0.3, 0.4) is 0 Å². The topological polar surface area (TPSA) is 87.7 Å². The minimum Gasteiger partial charge on any atom is -0.433 e. The lowest BCUT2D eigenvalue weighted by Crippen LogP contribution is -2.44. The minimum absolute atomic E-state index is 0.00895. The molecule has 2 aromatic rings. The molecule has 1 atom stereocenters. The monoisotopic (exact) mass is 403 g/mol. The van der Waals surface area contributed by atoms with Crippen molar-refractivity contribution in [1.82, 2.24) is 10.2 Å². The van der Waals surface area contributed by atoms with Crippen LogP contribution in [0.5, 0.6) is 5.75 Å². The van der Waals surface area contributed by atoms with Crippen molar-refractivity contribution < 1.29 is 27.9 Å². The van der Waals surface area contributed by atoms with Crippen LogP contribution in [0.25, 0.3) is 0 Å². The lowest BCUT2D eigenvalue weighted by atomic mass is 9.87. The quantitative estimate of drug-likeness (QED) is 0.696. The normalized spacial score (nSPS) is 18.7. The fourth-order valence-electron chi connectivity index (χ4n) is 3.23. The van der Waals surface area contributed by atoms with Crippen molar-refractivity contribution >= 4 is 23.5 Å². The highest BCUT2D eigenvalue weighted by atomic mass is 19.3. The zero-order valence-corrected chi connectivity index (χ0v) is 15.5. The number of alkyl halides is 2. The first-order valence-corrected chi connectivity index (χ1v) is 8.90. The Balaban J connectivity index is 1.76. The van der Waals surface area contributed by atoms with Gasteiger partial charge in [0.2, 0.25) is 5.91 Å². The van der Waals surface area contributed by atoms with Gasteiger partial charge in [-0.15, -0.1) is 0 Å². The molecule has 1 saturated heterocycles. The number of carbonyl (C=O) groups excluding carboxylic acids is 3. The molecule has 0 radical (unpaired) electrons. The first-order chi connectivity index (χ1) is 13.9. The van der Waals surface area contributed by atoms with E-state index in [1.807, 2.05) is 0 Å². The molecule has 4 amide bonds. The van der Waals surface area contributed by atoms with E-state index >= 15 is 0 Å². The molecule has 152 valence electrons. The number of urea groups is 1. The number of carbonyl (C=O) groups is 3. The molecule has 0 spiro atoms. The van der Waals surface area contributed by atoms with Gasteiger partial charge in [-0.25, -0.2) is 4.79 Å². The Labute approximate surface area is 165 Å². The van der Waals surface area contributed by atoms with Crippen molar-refractivity contribution in [3.05, 3.63) is 60.2 Å². The van der Waals surface area contributed by atoms with Gasteiger partial charge in [0.05, 0.1) is 5.69 Å². The second-order valence-corrected chi connectivity index (χ2v) is 6.37. The number of hydrogen-bond donors (Lipinski definition) is 2. The molecule has 0 aliphatic carbocycles. The predicted octanol–water partition coefficient (Wildman–Crippen LogP) is 3.08. The third kappa shape index (κ3) is 4.03. The van der Waals surface area contributed by atoms with Crippen molar-refractivity contribution in [2.45, 2.75) is 25.5 Å². The number of nitrogens with one attached hydrogen (secondary N) is 2. The van der Waals surface area contributed by atoms with Crippen molar-refractivity contribution in [3.8, 4) is 5.75 Å². The maximum atomic E-state index is 13.0. The van der Waals surface area contributed by atoms with Crippen molar-refractivity contribution in [3.63, 3.8) is 0 Å². The van der Waals surface area contributed by atoms with E-state index in [9.17, 15) is 23.2 Å². The Morgan fingerprint density at radius 1 is 1.14 bits per heavy atom. The predicted molar refractivity (Wildman–Crippen MR) is 100 cm³/mol. The van der Waals surface area contributed by atoms with Gasteiger partial charge in [0.15, 0.2) is 0 Å². The third-order valence-corrected chi connectivity index (χ3v) is 4.65. The molecule has 1 fully saturated rings. The molecule has 2 aromatic carbocycles. The highest BCUT2D eigenvalue weighted by Gasteiger charge is 2.51. The number of benzene rings is 2. The molecule has 0 bridgehead atoms. The summed E-state index contributed by atoms with van der Waals surface area (Å²) in [6.07, 6.45) is 0.296. The van der Waals surface area contributed by atoms with Gasteiger partial charge in [-0.3, -0.25) is 14.5 Å². The summed E-state index contributed by atoms with van der Waals surface area (Å²) in [4.78, 5) is 38.6. The van der Waals surface area contributed by atoms with Crippen LogP contribution < -0.4 is 15.4 Å². The van der Waals surface area contributed by atoms with Crippen LogP contribution >= 0.6 is 0 Å². The van der Waals surface area contributed by atoms with Crippen LogP contribution in [0, 0.1) is 0 Å². The molecule has 0 saturated carbocycles. The van der Waals surface area contributed by atoms with Gasteiger partial charge in [-0.05, 0) is 24.1 Å². The van der Waals surface area contributed by atoms with Gasteiger partial charge in [-0.2, -0.15) is 8.78 Å². The summed E-state index contributed by atoms with van der Waals surface area (Å²) < 4.78 is 29.4. The first-order valence-electron chi connectivity index (χ1n) is 8.90. The summed E-state index contributed by atoms with van der Waals surface area (Å²) in [5, 5.41) is 5.07. The van der Waals surface area contributed by atoms with E-state index in [-0.39, 0.29) is 11.4 Å². The number of amides is 4. The molecule has 1 heterocycles. The standard InChI is InChI=1S/C20H19F2N3O4/c1-2-20(13-8-4-3-5-9-13)17(27)25(19(28)24-20)12-16(26)23-14-10-6-7-11-15(14)29-18(21)22/h3-11,18H,2,12H2,1H3,(H,23,26)(H,24,28)/t20-/m1/s1. The highest BCUT2D eigenvalue weighted by molar-refractivity contribution is 6.10. The molecule has 1 aliphatic heterocycles. The Morgan fingerprint density at radius 3 is 2.45 bits per heavy atom. The van der Waals surface area contributed by atoms with Crippen molar-refractivity contribution in [2.75, 3.05) is 11.9 Å². The Bertz CT molecular complexity index is 923. The van der Waals surface area contributed by atoms with Crippen LogP contribution in [0.15, 0.2) is 54.6 Å². The summed E-state index contributed by atoms with van der Waals surface area (Å²) in [7, 11) is 0. The van der Waals surface area contributed by atoms with Crippen LogP contribution in [-0.2, 0) is 15.1 Å². The summed E-state index contributed by atoms with van der Waals surface area (Å²) in [5.41, 5.74) is -0.635. The van der Waals surface area contributed by atoms with Crippen LogP contribution in [0.2, 0.25) is 0 Å². The second-order valence-electron chi connectivity index (χ2n) is 6.37. The highest BCUT2D eigenvalue weighted by Crippen LogP contribution is 2.32. The van der Waals surface area contributed by atoms with Crippen LogP contribution in [-0.4, -0.2) is 35.9 Å². The maximum absolute atomic E-state index is 13.0. The molecule has 9 heteroatoms. The fraction of sp³-hybridized carbons (Fsp3) is 0.250. The Morgan fingerprint density at radius 2 is 1.79 bits per heavy atom. The molecule has 2 N–H and O–H groups in total. The summed E-state index contributed by atoms with van der Waals surface area (Å²) in [6.45, 7) is -1.87. The summed E-state index contributed by atoms with van der Waals surface area (Å²) in [5.74, 6) is -1.50. The third-order valence-electron chi connectivity index (χ3n) is 4.65. The number of halogens is 2. The van der Waals surface area contributed by atoms with Gasteiger partial charge < -0.3 is 15.4 Å². The van der Waals surface area contributed by atoms with E-state index < -0.39 is 36.5 Å². The van der Waals surface area contributed by atoms with Gasteiger partial charge >= 0.3 is 12.6 Å². The minimum atomic E-state index is -3.06. The lowest BCUT2D eigenvalue weighted by molar-refractivity contribution is -0.134. The van der Waals surface area contributed by atoms with Gasteiger partial charge in [-0.1, -0.05) is 49.4 Å². The number of hydrogen-bond acceptors (Lipinski definition) is 4. The largest absolute Gasteiger partial charge is 0.433 e. The van der Waals surface area contributed by atoms with E-state index in [4.69, 9.17) is 0 Å². The second kappa shape index (κ2) is 8.26. The molecular weight excluding hydrogens is 384 g/mol. The lowest BCUT2D eigenvalue weighted by Gasteiger charge is -2.25. The molecule has 0 unspecified atom stereocenters. The number of imide groups is 1. The number of anilines is 1. The average Bonchev–Trinajstić information content (AvgIpc) is 2.95. The summed E-state index contributed by atoms with van der Waals surface area (Å²) >= 11 is 0. The zero-order chi connectivity index (χ0) is 21.0. The molecule has 7 nitrogen and oxygen atoms in total. The van der Waals surface area contributed by atoms with E-state index in [2.05, 4.69) is 15.4 Å². The number of nitrogens with zero attached hydrogens (tertiary/aromatic N) is 1. The van der Waals surface area contributed by atoms with Crippen molar-refractivity contribution in [2.24, 2.45) is 0 Å². The smallest absolute Gasteiger partial charge is 0.387 e. The Hall–Kier alpha value is -3.49. The molecular formula is C20H19F2N3O4. The molecule has 1 aliphatic rings. The molecule has 3 rings (SSSR count). The van der Waals surface area contributed by atoms with Crippen molar-refractivity contribution in [1.29, 1.82) is 0 Å². The van der Waals surface area contributed by atoms with E-state index in [1.165, 1.54) is 24.3 Å². The molecule has 0 aromatic heterocycles. The fourth-order valence-corrected chi connectivity index (χ4v) is 3.23. The van der Waals surface area contributed by atoms with Gasteiger partial charge in [0.25, 0.3) is 5.91 Å². The zero-order valence-electron chi connectivity index (χ0n) is 15.5. The van der Waals surface area contributed by atoms with E-state index in [0.29, 0.717) is 12.0 Å². The number of ether oxygens (including phenoxy) is 1. The average molecular weight is 403 g/mol. The van der Waals surface area contributed by atoms with Gasteiger partial charge in [0, 0.05) is 0 Å². The van der Waals surface area contributed by atoms with Gasteiger partial charge in [0.1, 0.15) is 17.8 Å². The number of rotatable bonds is 7. The first kappa shape index (κ1) is 20.2. The summed E-state index contributed by atoms with van der Waals surface area (Å²) in [6, 6.07) is 13.7. The van der Waals surface area contributed by atoms with E-state index in [0.717, 1.165) is 4.90 Å². The molecule has 29 heavy (non-hydrogen) atoms. The van der Waals surface area contributed by atoms with Crippen LogP contribution in [0.4, 0.5) is 19.3 Å². The SMILES string of the molecule is CC[C@]1(c2ccccc2)NC(=O)N(CC(=O)Nc2ccccc2OC(F)F)C1=O.